The molecule has 1 saturated heterocycles. The smallest absolute Gasteiger partial charge is 0.0597 e. The Morgan fingerprint density at radius 2 is 2.06 bits per heavy atom. The minimum Gasteiger partial charge on any atom is -0.326 e. The van der Waals surface area contributed by atoms with Gasteiger partial charge in [0.25, 0.3) is 0 Å². The van der Waals surface area contributed by atoms with Crippen molar-refractivity contribution in [2.24, 2.45) is 5.73 Å². The average Bonchev–Trinajstić information content (AvgIpc) is 2.63. The van der Waals surface area contributed by atoms with Gasteiger partial charge in [-0.3, -0.25) is 4.90 Å². The number of thiophene rings is 1. The molecular formula is C14H24N2S. The molecule has 2 N–H and O–H groups in total. The van der Waals surface area contributed by atoms with Crippen LogP contribution in [0.2, 0.25) is 0 Å². The summed E-state index contributed by atoms with van der Waals surface area (Å²) >= 11 is 1.90. The van der Waals surface area contributed by atoms with Crippen LogP contribution < -0.4 is 5.73 Å². The fraction of sp³-hybridized carbons (Fsp3) is 0.714. The number of nitrogens with two attached hydrogens (primary N) is 1. The van der Waals surface area contributed by atoms with Crippen molar-refractivity contribution in [1.82, 2.24) is 4.90 Å². The number of piperidine rings is 1. The van der Waals surface area contributed by atoms with Crippen molar-refractivity contribution >= 4 is 11.3 Å². The van der Waals surface area contributed by atoms with Crippen LogP contribution in [0.3, 0.4) is 0 Å². The molecule has 0 aliphatic carbocycles. The van der Waals surface area contributed by atoms with E-state index in [1.165, 1.54) is 22.7 Å². The third-order valence-corrected chi connectivity index (χ3v) is 4.66. The molecule has 1 aromatic heterocycles. The van der Waals surface area contributed by atoms with E-state index in [-0.39, 0.29) is 11.6 Å². The minimum absolute atomic E-state index is 0.195. The Labute approximate surface area is 109 Å². The molecule has 1 aliphatic heterocycles. The van der Waals surface area contributed by atoms with Crippen LogP contribution in [0.1, 0.15) is 49.4 Å². The van der Waals surface area contributed by atoms with Crippen molar-refractivity contribution in [3.63, 3.8) is 0 Å². The molecule has 0 amide bonds. The first-order valence-corrected chi connectivity index (χ1v) is 7.30. The van der Waals surface area contributed by atoms with E-state index in [9.17, 15) is 0 Å². The molecule has 0 spiro atoms. The first-order chi connectivity index (χ1) is 7.89. The summed E-state index contributed by atoms with van der Waals surface area (Å²) in [6.07, 6.45) is 2.37. The van der Waals surface area contributed by atoms with E-state index in [2.05, 4.69) is 44.7 Å². The SMILES string of the molecule is Cc1ccc(C2C(N)CCCN2C(C)(C)C)s1. The van der Waals surface area contributed by atoms with E-state index >= 15 is 0 Å². The molecule has 1 aliphatic rings. The van der Waals surface area contributed by atoms with Crippen molar-refractivity contribution in [3.05, 3.63) is 21.9 Å². The quantitative estimate of drug-likeness (QED) is 0.831. The van der Waals surface area contributed by atoms with Gasteiger partial charge in [-0.05, 0) is 59.2 Å². The summed E-state index contributed by atoms with van der Waals surface area (Å²) in [4.78, 5) is 5.39. The molecule has 1 aromatic rings. The highest BCUT2D eigenvalue weighted by Gasteiger charge is 2.36. The second-order valence-corrected chi connectivity index (χ2v) is 7.38. The zero-order chi connectivity index (χ0) is 12.6. The van der Waals surface area contributed by atoms with Crippen molar-refractivity contribution in [3.8, 4) is 0 Å². The lowest BCUT2D eigenvalue weighted by Gasteiger charge is -2.47. The number of likely N-dealkylation sites (tertiary alicyclic amines) is 1. The Hall–Kier alpha value is -0.380. The highest BCUT2D eigenvalue weighted by Crippen LogP contribution is 2.38. The van der Waals surface area contributed by atoms with Gasteiger partial charge in [0.1, 0.15) is 0 Å². The maximum absolute atomic E-state index is 6.37. The molecule has 0 aromatic carbocycles. The highest BCUT2D eigenvalue weighted by molar-refractivity contribution is 7.12. The Balaban J connectivity index is 2.31. The molecule has 0 radical (unpaired) electrons. The maximum atomic E-state index is 6.37. The molecule has 0 bridgehead atoms. The van der Waals surface area contributed by atoms with Crippen molar-refractivity contribution in [2.45, 2.75) is 58.2 Å². The van der Waals surface area contributed by atoms with E-state index in [1.54, 1.807) is 0 Å². The van der Waals surface area contributed by atoms with Crippen LogP contribution in [0.25, 0.3) is 0 Å². The number of hydrogen-bond acceptors (Lipinski definition) is 3. The first kappa shape index (κ1) is 13.1. The number of rotatable bonds is 1. The second kappa shape index (κ2) is 4.71. The fourth-order valence-corrected chi connectivity index (χ4v) is 3.82. The lowest BCUT2D eigenvalue weighted by molar-refractivity contribution is 0.0402. The van der Waals surface area contributed by atoms with E-state index in [0.29, 0.717) is 6.04 Å². The summed E-state index contributed by atoms with van der Waals surface area (Å²) in [7, 11) is 0. The van der Waals surface area contributed by atoms with Gasteiger partial charge in [-0.2, -0.15) is 0 Å². The predicted molar refractivity (Wildman–Crippen MR) is 75.5 cm³/mol. The standard InChI is InChI=1S/C14H24N2S/c1-10-7-8-12(17-10)13-11(15)6-5-9-16(13)14(2,3)4/h7-8,11,13H,5-6,9,15H2,1-4H3. The van der Waals surface area contributed by atoms with Crippen LogP contribution >= 0.6 is 11.3 Å². The van der Waals surface area contributed by atoms with Gasteiger partial charge in [0.05, 0.1) is 6.04 Å². The molecule has 2 heterocycles. The summed E-state index contributed by atoms with van der Waals surface area (Å²) in [6.45, 7) is 10.2. The molecule has 96 valence electrons. The first-order valence-electron chi connectivity index (χ1n) is 6.48. The topological polar surface area (TPSA) is 29.3 Å². The lowest BCUT2D eigenvalue weighted by Crippen LogP contribution is -2.53. The molecular weight excluding hydrogens is 228 g/mol. The van der Waals surface area contributed by atoms with Gasteiger partial charge >= 0.3 is 0 Å². The van der Waals surface area contributed by atoms with Crippen LogP contribution in [0, 0.1) is 6.92 Å². The van der Waals surface area contributed by atoms with Crippen LogP contribution in [-0.4, -0.2) is 23.0 Å². The summed E-state index contributed by atoms with van der Waals surface area (Å²) in [6, 6.07) is 5.15. The normalized spacial score (nSPS) is 27.4. The van der Waals surface area contributed by atoms with E-state index in [0.717, 1.165) is 6.42 Å². The number of nitrogens with zero attached hydrogens (tertiary/aromatic N) is 1. The summed E-state index contributed by atoms with van der Waals surface area (Å²) < 4.78 is 0. The average molecular weight is 252 g/mol. The van der Waals surface area contributed by atoms with Gasteiger partial charge in [-0.25, -0.2) is 0 Å². The van der Waals surface area contributed by atoms with E-state index < -0.39 is 0 Å². The third kappa shape index (κ3) is 2.72. The van der Waals surface area contributed by atoms with Crippen LogP contribution in [0.15, 0.2) is 12.1 Å². The van der Waals surface area contributed by atoms with Gasteiger partial charge in [0.2, 0.25) is 0 Å². The van der Waals surface area contributed by atoms with Crippen molar-refractivity contribution < 1.29 is 0 Å². The van der Waals surface area contributed by atoms with E-state index in [4.69, 9.17) is 5.73 Å². The molecule has 17 heavy (non-hydrogen) atoms. The number of hydrogen-bond donors (Lipinski definition) is 1. The second-order valence-electron chi connectivity index (χ2n) is 6.06. The molecule has 1 fully saturated rings. The molecule has 0 saturated carbocycles. The Bertz CT molecular complexity index is 378. The molecule has 3 heteroatoms. The van der Waals surface area contributed by atoms with Gasteiger partial charge in [-0.15, -0.1) is 11.3 Å². The zero-order valence-electron chi connectivity index (χ0n) is 11.4. The Kier molecular flexibility index (Phi) is 3.62. The van der Waals surface area contributed by atoms with Crippen molar-refractivity contribution in [2.75, 3.05) is 6.54 Å². The predicted octanol–water partition coefficient (Wildman–Crippen LogP) is 3.32. The molecule has 2 atom stereocenters. The van der Waals surface area contributed by atoms with Gasteiger partial charge in [0.15, 0.2) is 0 Å². The number of aryl methyl sites for hydroxylation is 1. The Morgan fingerprint density at radius 1 is 1.35 bits per heavy atom. The lowest BCUT2D eigenvalue weighted by atomic mass is 9.90. The van der Waals surface area contributed by atoms with Crippen LogP contribution in [-0.2, 0) is 0 Å². The van der Waals surface area contributed by atoms with Gasteiger partial charge in [-0.1, -0.05) is 0 Å². The molecule has 2 rings (SSSR count). The summed E-state index contributed by atoms with van der Waals surface area (Å²) in [5, 5.41) is 0. The largest absolute Gasteiger partial charge is 0.326 e. The third-order valence-electron chi connectivity index (χ3n) is 3.59. The highest BCUT2D eigenvalue weighted by atomic mass is 32.1. The van der Waals surface area contributed by atoms with Crippen molar-refractivity contribution in [1.29, 1.82) is 0 Å². The van der Waals surface area contributed by atoms with Gasteiger partial charge < -0.3 is 5.73 Å². The zero-order valence-corrected chi connectivity index (χ0v) is 12.2. The summed E-state index contributed by atoms with van der Waals surface area (Å²) in [5.41, 5.74) is 6.57. The fourth-order valence-electron chi connectivity index (χ4n) is 2.76. The Morgan fingerprint density at radius 3 is 2.59 bits per heavy atom. The van der Waals surface area contributed by atoms with E-state index in [1.807, 2.05) is 11.3 Å². The van der Waals surface area contributed by atoms with Crippen LogP contribution in [0.4, 0.5) is 0 Å². The summed E-state index contributed by atoms with van der Waals surface area (Å²) in [5.74, 6) is 0. The minimum atomic E-state index is 0.195. The molecule has 2 unspecified atom stereocenters. The maximum Gasteiger partial charge on any atom is 0.0597 e. The van der Waals surface area contributed by atoms with Crippen LogP contribution in [0.5, 0.6) is 0 Å². The molecule has 2 nitrogen and oxygen atoms in total. The van der Waals surface area contributed by atoms with Gasteiger partial charge in [0, 0.05) is 21.3 Å². The monoisotopic (exact) mass is 252 g/mol.